The largest absolute Gasteiger partial charge is 0.504 e. The molecule has 1 rings (SSSR count). The Labute approximate surface area is 117 Å². The second kappa shape index (κ2) is 6.79. The molecule has 0 aliphatic rings. The number of carboxylic acids is 1. The van der Waals surface area contributed by atoms with Gasteiger partial charge in [0.15, 0.2) is 11.5 Å². The maximum atomic E-state index is 12.0. The van der Waals surface area contributed by atoms with Gasteiger partial charge in [-0.15, -0.1) is 0 Å². The SMILES string of the molecule is COc1cccc(C(=O)NCC(C(=O)O)C(C)C)c1O. The van der Waals surface area contributed by atoms with Crippen molar-refractivity contribution in [2.75, 3.05) is 13.7 Å². The van der Waals surface area contributed by atoms with Crippen molar-refractivity contribution in [1.29, 1.82) is 0 Å². The van der Waals surface area contributed by atoms with E-state index in [2.05, 4.69) is 5.32 Å². The number of ether oxygens (including phenoxy) is 1. The molecule has 1 aromatic rings. The summed E-state index contributed by atoms with van der Waals surface area (Å²) in [7, 11) is 1.38. The van der Waals surface area contributed by atoms with Gasteiger partial charge in [-0.05, 0) is 18.1 Å². The number of phenols is 1. The number of rotatable bonds is 6. The third-order valence-electron chi connectivity index (χ3n) is 3.07. The number of carbonyl (C=O) groups excluding carboxylic acids is 1. The average molecular weight is 281 g/mol. The molecule has 0 spiro atoms. The van der Waals surface area contributed by atoms with Gasteiger partial charge in [-0.2, -0.15) is 0 Å². The number of aromatic hydroxyl groups is 1. The minimum absolute atomic E-state index is 0.00246. The lowest BCUT2D eigenvalue weighted by molar-refractivity contribution is -0.142. The Hall–Kier alpha value is -2.24. The third kappa shape index (κ3) is 3.63. The number of carbonyl (C=O) groups is 2. The number of para-hydroxylation sites is 1. The van der Waals surface area contributed by atoms with Crippen LogP contribution >= 0.6 is 0 Å². The van der Waals surface area contributed by atoms with Gasteiger partial charge in [0.1, 0.15) is 0 Å². The van der Waals surface area contributed by atoms with Gasteiger partial charge in [0.05, 0.1) is 18.6 Å². The molecule has 1 unspecified atom stereocenters. The standard InChI is InChI=1S/C14H19NO5/c1-8(2)10(14(18)19)7-15-13(17)9-5-4-6-11(20-3)12(9)16/h4-6,8,10,16H,7H2,1-3H3,(H,15,17)(H,18,19). The summed E-state index contributed by atoms with van der Waals surface area (Å²) in [5.41, 5.74) is 0.0530. The average Bonchev–Trinajstić information content (AvgIpc) is 2.38. The molecule has 0 heterocycles. The fourth-order valence-electron chi connectivity index (χ4n) is 1.78. The molecule has 0 radical (unpaired) electrons. The number of nitrogens with one attached hydrogen (secondary N) is 1. The molecule has 6 nitrogen and oxygen atoms in total. The summed E-state index contributed by atoms with van der Waals surface area (Å²) in [6, 6.07) is 4.54. The molecule has 1 aromatic carbocycles. The minimum atomic E-state index is -0.963. The second-order valence-electron chi connectivity index (χ2n) is 4.76. The highest BCUT2D eigenvalue weighted by molar-refractivity contribution is 5.97. The third-order valence-corrected chi connectivity index (χ3v) is 3.07. The van der Waals surface area contributed by atoms with E-state index in [0.717, 1.165) is 0 Å². The quantitative estimate of drug-likeness (QED) is 0.734. The zero-order chi connectivity index (χ0) is 15.3. The molecule has 6 heteroatoms. The van der Waals surface area contributed by atoms with Crippen LogP contribution in [0.3, 0.4) is 0 Å². The number of phenolic OH excluding ortho intramolecular Hbond substituents is 1. The van der Waals surface area contributed by atoms with Crippen LogP contribution in [0.1, 0.15) is 24.2 Å². The smallest absolute Gasteiger partial charge is 0.308 e. The van der Waals surface area contributed by atoms with E-state index >= 15 is 0 Å². The summed E-state index contributed by atoms with van der Waals surface area (Å²) in [6.07, 6.45) is 0. The van der Waals surface area contributed by atoms with E-state index in [-0.39, 0.29) is 29.5 Å². The van der Waals surface area contributed by atoms with E-state index in [9.17, 15) is 14.7 Å². The number of benzene rings is 1. The zero-order valence-corrected chi connectivity index (χ0v) is 11.7. The van der Waals surface area contributed by atoms with Crippen LogP contribution in [0.25, 0.3) is 0 Å². The maximum absolute atomic E-state index is 12.0. The Bertz CT molecular complexity index is 498. The molecule has 1 amide bonds. The van der Waals surface area contributed by atoms with Crippen molar-refractivity contribution in [2.45, 2.75) is 13.8 Å². The van der Waals surface area contributed by atoms with E-state index < -0.39 is 17.8 Å². The molecule has 110 valence electrons. The van der Waals surface area contributed by atoms with Crippen molar-refractivity contribution in [3.05, 3.63) is 23.8 Å². The molecular formula is C14H19NO5. The van der Waals surface area contributed by atoms with E-state index in [1.165, 1.54) is 19.2 Å². The van der Waals surface area contributed by atoms with Crippen LogP contribution in [0.5, 0.6) is 11.5 Å². The lowest BCUT2D eigenvalue weighted by atomic mass is 9.96. The zero-order valence-electron chi connectivity index (χ0n) is 11.7. The van der Waals surface area contributed by atoms with Gasteiger partial charge >= 0.3 is 5.97 Å². The van der Waals surface area contributed by atoms with Crippen LogP contribution in [-0.4, -0.2) is 35.7 Å². The Morgan fingerprint density at radius 1 is 1.35 bits per heavy atom. The summed E-state index contributed by atoms with van der Waals surface area (Å²) < 4.78 is 4.91. The monoisotopic (exact) mass is 281 g/mol. The molecule has 0 aliphatic heterocycles. The Kier molecular flexibility index (Phi) is 5.37. The van der Waals surface area contributed by atoms with Crippen LogP contribution < -0.4 is 10.1 Å². The summed E-state index contributed by atoms with van der Waals surface area (Å²) in [5, 5.41) is 21.4. The number of carboxylic acid groups (broad SMARTS) is 1. The van der Waals surface area contributed by atoms with Gasteiger partial charge in [-0.25, -0.2) is 0 Å². The highest BCUT2D eigenvalue weighted by Gasteiger charge is 2.23. The van der Waals surface area contributed by atoms with Crippen LogP contribution in [0.2, 0.25) is 0 Å². The van der Waals surface area contributed by atoms with Gasteiger partial charge in [-0.3, -0.25) is 9.59 Å². The molecule has 20 heavy (non-hydrogen) atoms. The van der Waals surface area contributed by atoms with Gasteiger partial charge in [0, 0.05) is 6.54 Å². The minimum Gasteiger partial charge on any atom is -0.504 e. The summed E-state index contributed by atoms with van der Waals surface area (Å²) in [5.74, 6) is -2.35. The first-order chi connectivity index (χ1) is 9.38. The predicted molar refractivity (Wildman–Crippen MR) is 73.0 cm³/mol. The maximum Gasteiger partial charge on any atom is 0.308 e. The van der Waals surface area contributed by atoms with Gasteiger partial charge < -0.3 is 20.3 Å². The molecule has 0 aromatic heterocycles. The molecule has 0 fully saturated rings. The van der Waals surface area contributed by atoms with Crippen molar-refractivity contribution in [3.8, 4) is 11.5 Å². The second-order valence-corrected chi connectivity index (χ2v) is 4.76. The first kappa shape index (κ1) is 15.8. The Morgan fingerprint density at radius 2 is 2.00 bits per heavy atom. The summed E-state index contributed by atoms with van der Waals surface area (Å²) in [4.78, 5) is 23.0. The van der Waals surface area contributed by atoms with Crippen molar-refractivity contribution in [3.63, 3.8) is 0 Å². The van der Waals surface area contributed by atoms with E-state index in [1.54, 1.807) is 19.9 Å². The molecule has 0 bridgehead atoms. The topological polar surface area (TPSA) is 95.9 Å². The van der Waals surface area contributed by atoms with Crippen molar-refractivity contribution in [2.24, 2.45) is 11.8 Å². The Morgan fingerprint density at radius 3 is 2.50 bits per heavy atom. The van der Waals surface area contributed by atoms with Crippen molar-refractivity contribution < 1.29 is 24.5 Å². The number of hydrogen-bond donors (Lipinski definition) is 3. The summed E-state index contributed by atoms with van der Waals surface area (Å²) in [6.45, 7) is 3.55. The van der Waals surface area contributed by atoms with Gasteiger partial charge in [0.25, 0.3) is 5.91 Å². The van der Waals surface area contributed by atoms with Crippen molar-refractivity contribution >= 4 is 11.9 Å². The number of aliphatic carboxylic acids is 1. The van der Waals surface area contributed by atoms with E-state index in [4.69, 9.17) is 9.84 Å². The fraction of sp³-hybridized carbons (Fsp3) is 0.429. The Balaban J connectivity index is 2.79. The normalized spacial score (nSPS) is 12.0. The number of amides is 1. The molecular weight excluding hydrogens is 262 g/mol. The first-order valence-electron chi connectivity index (χ1n) is 6.25. The molecule has 0 aliphatic carbocycles. The molecule has 0 saturated carbocycles. The van der Waals surface area contributed by atoms with Crippen molar-refractivity contribution in [1.82, 2.24) is 5.32 Å². The van der Waals surface area contributed by atoms with Crippen LogP contribution in [-0.2, 0) is 4.79 Å². The lowest BCUT2D eigenvalue weighted by Gasteiger charge is -2.17. The van der Waals surface area contributed by atoms with Gasteiger partial charge in [0.2, 0.25) is 0 Å². The fourth-order valence-corrected chi connectivity index (χ4v) is 1.78. The molecule has 0 saturated heterocycles. The van der Waals surface area contributed by atoms with Crippen LogP contribution in [0.4, 0.5) is 0 Å². The van der Waals surface area contributed by atoms with E-state index in [1.807, 2.05) is 0 Å². The number of methoxy groups -OCH3 is 1. The molecule has 3 N–H and O–H groups in total. The van der Waals surface area contributed by atoms with Crippen LogP contribution in [0.15, 0.2) is 18.2 Å². The van der Waals surface area contributed by atoms with Crippen LogP contribution in [0, 0.1) is 11.8 Å². The van der Waals surface area contributed by atoms with E-state index in [0.29, 0.717) is 0 Å². The predicted octanol–water partition coefficient (Wildman–Crippen LogP) is 1.49. The summed E-state index contributed by atoms with van der Waals surface area (Å²) >= 11 is 0. The lowest BCUT2D eigenvalue weighted by Crippen LogP contribution is -2.35. The highest BCUT2D eigenvalue weighted by Crippen LogP contribution is 2.29. The number of hydrogen-bond acceptors (Lipinski definition) is 4. The molecule has 1 atom stereocenters. The first-order valence-corrected chi connectivity index (χ1v) is 6.25. The van der Waals surface area contributed by atoms with Gasteiger partial charge in [-0.1, -0.05) is 19.9 Å². The highest BCUT2D eigenvalue weighted by atomic mass is 16.5.